The first-order chi connectivity index (χ1) is 8.74. The quantitative estimate of drug-likeness (QED) is 0.798. The molecule has 0 aromatic heterocycles. The Bertz CT molecular complexity index is 548. The minimum atomic E-state index is 0.186. The Morgan fingerprint density at radius 1 is 1.17 bits per heavy atom. The molecule has 1 aromatic rings. The van der Waals surface area contributed by atoms with Crippen LogP contribution in [-0.4, -0.2) is 31.6 Å². The van der Waals surface area contributed by atoms with Crippen molar-refractivity contribution >= 4 is 11.6 Å². The lowest BCUT2D eigenvalue weighted by Gasteiger charge is -2.28. The largest absolute Gasteiger partial charge is 0.493 e. The molecule has 0 N–H and O–H groups in total. The van der Waals surface area contributed by atoms with E-state index in [0.717, 1.165) is 30.0 Å². The molecule has 0 aliphatic carbocycles. The van der Waals surface area contributed by atoms with Gasteiger partial charge in [0.05, 0.1) is 14.2 Å². The van der Waals surface area contributed by atoms with Gasteiger partial charge in [0.15, 0.2) is 11.5 Å². The first-order valence-electron chi connectivity index (χ1n) is 6.00. The third-order valence-corrected chi connectivity index (χ3v) is 3.55. The van der Waals surface area contributed by atoms with Gasteiger partial charge in [-0.3, -0.25) is 4.79 Å². The van der Waals surface area contributed by atoms with Gasteiger partial charge >= 0.3 is 0 Å². The van der Waals surface area contributed by atoms with Crippen molar-refractivity contribution < 1.29 is 14.3 Å². The minimum Gasteiger partial charge on any atom is -0.493 e. The highest BCUT2D eigenvalue weighted by Crippen LogP contribution is 2.39. The van der Waals surface area contributed by atoms with Gasteiger partial charge in [0.1, 0.15) is 0 Å². The third kappa shape index (κ3) is 1.49. The normalized spacial score (nSPS) is 17.1. The standard InChI is InChI=1S/C14H15NO3/c1-17-12-7-9-5-6-15-11(3-4-14(15)16)10(9)8-13(12)18-2/h3,7-8H,4-6H2,1-2H3. The van der Waals surface area contributed by atoms with Gasteiger partial charge in [0.2, 0.25) is 5.91 Å². The molecule has 0 unspecified atom stereocenters. The topological polar surface area (TPSA) is 38.8 Å². The maximum Gasteiger partial charge on any atom is 0.230 e. The highest BCUT2D eigenvalue weighted by molar-refractivity contribution is 5.95. The lowest BCUT2D eigenvalue weighted by Crippen LogP contribution is -2.30. The van der Waals surface area contributed by atoms with Crippen LogP contribution >= 0.6 is 0 Å². The van der Waals surface area contributed by atoms with Crippen molar-refractivity contribution in [3.05, 3.63) is 29.3 Å². The number of amides is 1. The summed E-state index contributed by atoms with van der Waals surface area (Å²) in [6, 6.07) is 3.97. The van der Waals surface area contributed by atoms with E-state index in [2.05, 4.69) is 0 Å². The number of fused-ring (bicyclic) bond motifs is 3. The van der Waals surface area contributed by atoms with Crippen LogP contribution in [0.25, 0.3) is 5.70 Å². The molecule has 0 atom stereocenters. The van der Waals surface area contributed by atoms with Crippen LogP contribution < -0.4 is 9.47 Å². The molecule has 18 heavy (non-hydrogen) atoms. The van der Waals surface area contributed by atoms with Crippen molar-refractivity contribution in [3.63, 3.8) is 0 Å². The van der Waals surface area contributed by atoms with Gasteiger partial charge < -0.3 is 14.4 Å². The van der Waals surface area contributed by atoms with Crippen molar-refractivity contribution in [3.8, 4) is 11.5 Å². The Morgan fingerprint density at radius 2 is 1.89 bits per heavy atom. The van der Waals surface area contributed by atoms with Crippen LogP contribution in [0, 0.1) is 0 Å². The summed E-state index contributed by atoms with van der Waals surface area (Å²) in [7, 11) is 3.26. The van der Waals surface area contributed by atoms with Gasteiger partial charge in [0, 0.05) is 24.2 Å². The minimum absolute atomic E-state index is 0.186. The maximum absolute atomic E-state index is 11.7. The first-order valence-corrected chi connectivity index (χ1v) is 6.00. The highest BCUT2D eigenvalue weighted by atomic mass is 16.5. The van der Waals surface area contributed by atoms with E-state index in [4.69, 9.17) is 9.47 Å². The van der Waals surface area contributed by atoms with Crippen LogP contribution in [-0.2, 0) is 11.2 Å². The lowest BCUT2D eigenvalue weighted by atomic mass is 9.96. The summed E-state index contributed by atoms with van der Waals surface area (Å²) in [4.78, 5) is 13.6. The number of ether oxygens (including phenoxy) is 2. The predicted molar refractivity (Wildman–Crippen MR) is 67.6 cm³/mol. The smallest absolute Gasteiger partial charge is 0.230 e. The molecule has 4 nitrogen and oxygen atoms in total. The number of hydrogen-bond acceptors (Lipinski definition) is 3. The molecule has 4 heteroatoms. The van der Waals surface area contributed by atoms with Crippen molar-refractivity contribution in [2.45, 2.75) is 12.8 Å². The summed E-state index contributed by atoms with van der Waals surface area (Å²) in [6.07, 6.45) is 3.36. The van der Waals surface area contributed by atoms with Crippen LogP contribution in [0.4, 0.5) is 0 Å². The third-order valence-electron chi connectivity index (χ3n) is 3.55. The van der Waals surface area contributed by atoms with Crippen molar-refractivity contribution in [1.29, 1.82) is 0 Å². The summed E-state index contributed by atoms with van der Waals surface area (Å²) in [6.45, 7) is 0.757. The second-order valence-corrected chi connectivity index (χ2v) is 4.45. The second kappa shape index (κ2) is 4.05. The van der Waals surface area contributed by atoms with E-state index in [1.165, 1.54) is 5.56 Å². The van der Waals surface area contributed by atoms with Crippen molar-refractivity contribution in [2.75, 3.05) is 20.8 Å². The fourth-order valence-corrected chi connectivity index (χ4v) is 2.64. The average molecular weight is 245 g/mol. The van der Waals surface area contributed by atoms with Gasteiger partial charge in [-0.05, 0) is 24.1 Å². The molecular weight excluding hydrogens is 230 g/mol. The molecule has 0 spiro atoms. The zero-order valence-electron chi connectivity index (χ0n) is 10.5. The Labute approximate surface area is 106 Å². The molecule has 0 radical (unpaired) electrons. The van der Waals surface area contributed by atoms with Gasteiger partial charge in [-0.1, -0.05) is 6.08 Å². The van der Waals surface area contributed by atoms with Crippen LogP contribution in [0.1, 0.15) is 17.5 Å². The summed E-state index contributed by atoms with van der Waals surface area (Å²) in [5.74, 6) is 1.64. The molecule has 2 heterocycles. The van der Waals surface area contributed by atoms with Gasteiger partial charge in [-0.2, -0.15) is 0 Å². The van der Waals surface area contributed by atoms with Crippen LogP contribution in [0.2, 0.25) is 0 Å². The van der Waals surface area contributed by atoms with Crippen LogP contribution in [0.5, 0.6) is 11.5 Å². The SMILES string of the molecule is COc1cc2c(cc1OC)C1=CCC(=O)N1CC2. The van der Waals surface area contributed by atoms with Crippen LogP contribution in [0.3, 0.4) is 0 Å². The predicted octanol–water partition coefficient (Wildman–Crippen LogP) is 1.83. The monoisotopic (exact) mass is 245 g/mol. The van der Waals surface area contributed by atoms with Crippen molar-refractivity contribution in [1.82, 2.24) is 4.90 Å². The Morgan fingerprint density at radius 3 is 2.61 bits per heavy atom. The zero-order valence-corrected chi connectivity index (χ0v) is 10.5. The molecule has 0 saturated heterocycles. The molecule has 94 valence electrons. The number of carbonyl (C=O) groups excluding carboxylic acids is 1. The fraction of sp³-hybridized carbons (Fsp3) is 0.357. The number of rotatable bonds is 2. The van der Waals surface area contributed by atoms with E-state index in [0.29, 0.717) is 12.2 Å². The molecular formula is C14H15NO3. The maximum atomic E-state index is 11.7. The number of benzene rings is 1. The van der Waals surface area contributed by atoms with Crippen molar-refractivity contribution in [2.24, 2.45) is 0 Å². The lowest BCUT2D eigenvalue weighted by molar-refractivity contribution is -0.126. The number of nitrogens with zero attached hydrogens (tertiary/aromatic N) is 1. The number of hydrogen-bond donors (Lipinski definition) is 0. The van der Waals surface area contributed by atoms with Gasteiger partial charge in [-0.15, -0.1) is 0 Å². The van der Waals surface area contributed by atoms with E-state index >= 15 is 0 Å². The summed E-state index contributed by atoms with van der Waals surface area (Å²) in [5, 5.41) is 0. The first kappa shape index (κ1) is 11.1. The van der Waals surface area contributed by atoms with E-state index in [9.17, 15) is 4.79 Å². The number of carbonyl (C=O) groups is 1. The number of methoxy groups -OCH3 is 2. The van der Waals surface area contributed by atoms with E-state index in [-0.39, 0.29) is 5.91 Å². The zero-order chi connectivity index (χ0) is 12.7. The van der Waals surface area contributed by atoms with E-state index in [1.54, 1.807) is 14.2 Å². The molecule has 2 aliphatic rings. The summed E-state index contributed by atoms with van der Waals surface area (Å²) in [5.41, 5.74) is 3.32. The van der Waals surface area contributed by atoms with Crippen LogP contribution in [0.15, 0.2) is 18.2 Å². The molecule has 1 aromatic carbocycles. The molecule has 2 aliphatic heterocycles. The van der Waals surface area contributed by atoms with E-state index < -0.39 is 0 Å². The average Bonchev–Trinajstić information content (AvgIpc) is 2.79. The Kier molecular flexibility index (Phi) is 2.51. The summed E-state index contributed by atoms with van der Waals surface area (Å²) < 4.78 is 10.6. The molecule has 0 bridgehead atoms. The molecule has 1 amide bonds. The summed E-state index contributed by atoms with van der Waals surface area (Å²) >= 11 is 0. The van der Waals surface area contributed by atoms with Gasteiger partial charge in [-0.25, -0.2) is 0 Å². The molecule has 0 fully saturated rings. The highest BCUT2D eigenvalue weighted by Gasteiger charge is 2.30. The van der Waals surface area contributed by atoms with E-state index in [1.807, 2.05) is 23.1 Å². The fourth-order valence-electron chi connectivity index (χ4n) is 2.64. The Balaban J connectivity index is 2.12. The Hall–Kier alpha value is -1.97. The van der Waals surface area contributed by atoms with Gasteiger partial charge in [0.25, 0.3) is 0 Å². The molecule has 0 saturated carbocycles. The molecule has 3 rings (SSSR count). The second-order valence-electron chi connectivity index (χ2n) is 4.45.